The van der Waals surface area contributed by atoms with E-state index in [1.54, 1.807) is 51.4 Å². The molecular weight excluding hydrogens is 377 g/mol. The van der Waals surface area contributed by atoms with Crippen LogP contribution in [0.5, 0.6) is 0 Å². The Hall–Kier alpha value is 0.883. The van der Waals surface area contributed by atoms with Crippen LogP contribution in [-0.2, 0) is 0 Å². The zero-order valence-corrected chi connectivity index (χ0v) is 13.0. The van der Waals surface area contributed by atoms with Crippen molar-refractivity contribution in [1.29, 1.82) is 0 Å². The zero-order valence-electron chi connectivity index (χ0n) is 9.57. The molecule has 0 aromatic rings. The molecular formula is C14H22Bi. The first-order valence-corrected chi connectivity index (χ1v) is 11.1. The van der Waals surface area contributed by atoms with E-state index < -0.39 is 0 Å². The molecule has 0 aromatic carbocycles. The van der Waals surface area contributed by atoms with Crippen molar-refractivity contribution >= 4 is 23.2 Å². The first-order chi connectivity index (χ1) is 7.38. The van der Waals surface area contributed by atoms with Gasteiger partial charge in [0.15, 0.2) is 0 Å². The molecule has 0 nitrogen and oxygen atoms in total. The van der Waals surface area contributed by atoms with Crippen molar-refractivity contribution in [2.75, 3.05) is 0 Å². The van der Waals surface area contributed by atoms with Crippen molar-refractivity contribution in [3.63, 3.8) is 0 Å². The van der Waals surface area contributed by atoms with Gasteiger partial charge in [-0.2, -0.15) is 0 Å². The van der Waals surface area contributed by atoms with Gasteiger partial charge in [0.2, 0.25) is 0 Å². The van der Waals surface area contributed by atoms with Gasteiger partial charge >= 0.3 is 106 Å². The van der Waals surface area contributed by atoms with Crippen LogP contribution in [0.15, 0.2) is 0 Å². The van der Waals surface area contributed by atoms with Crippen LogP contribution in [0.25, 0.3) is 0 Å². The predicted molar refractivity (Wildman–Crippen MR) is 64.2 cm³/mol. The molecule has 4 fully saturated rings. The van der Waals surface area contributed by atoms with Crippen molar-refractivity contribution < 1.29 is 0 Å². The first-order valence-electron chi connectivity index (χ1n) is 7.08. The summed E-state index contributed by atoms with van der Waals surface area (Å²) >= 11 is -0.0917. The van der Waals surface area contributed by atoms with E-state index in [1.807, 2.05) is 0 Å². The summed E-state index contributed by atoms with van der Waals surface area (Å²) in [6.45, 7) is 0. The summed E-state index contributed by atoms with van der Waals surface area (Å²) in [6.07, 6.45) is 13.2. The first kappa shape index (κ1) is 9.87. The third-order valence-electron chi connectivity index (χ3n) is 5.78. The normalized spacial score (nSPS) is 56.8. The molecule has 1 radical (unpaired) electrons. The third kappa shape index (κ3) is 1.63. The van der Waals surface area contributed by atoms with E-state index in [-0.39, 0.29) is 23.2 Å². The van der Waals surface area contributed by atoms with E-state index in [1.165, 1.54) is 30.9 Å². The van der Waals surface area contributed by atoms with Crippen LogP contribution in [0.4, 0.5) is 0 Å². The quantitative estimate of drug-likeness (QED) is 0.618. The minimum absolute atomic E-state index is 0.0917. The second-order valence-corrected chi connectivity index (χ2v) is 12.9. The summed E-state index contributed by atoms with van der Waals surface area (Å²) < 4.78 is 2.71. The Morgan fingerprint density at radius 1 is 0.600 bits per heavy atom. The molecule has 4 saturated carbocycles. The molecule has 0 saturated heterocycles. The standard InChI is InChI=1S/2C7H11.Bi/c2*1-2-7-4-3-6(1)5-7;/h2*1,6-7H,2-5H2;. The van der Waals surface area contributed by atoms with Gasteiger partial charge in [-0.05, 0) is 0 Å². The summed E-state index contributed by atoms with van der Waals surface area (Å²) in [5, 5.41) is 0. The topological polar surface area (TPSA) is 0 Å². The molecule has 15 heavy (non-hydrogen) atoms. The monoisotopic (exact) mass is 399 g/mol. The predicted octanol–water partition coefficient (Wildman–Crippen LogP) is 3.91. The number of rotatable bonds is 2. The summed E-state index contributed by atoms with van der Waals surface area (Å²) in [6, 6.07) is 0. The third-order valence-corrected chi connectivity index (χ3v) is 13.7. The van der Waals surface area contributed by atoms with E-state index in [4.69, 9.17) is 0 Å². The second kappa shape index (κ2) is 3.69. The molecule has 0 aromatic heterocycles. The Labute approximate surface area is 105 Å². The van der Waals surface area contributed by atoms with Crippen molar-refractivity contribution in [2.45, 2.75) is 58.6 Å². The summed E-state index contributed by atoms with van der Waals surface area (Å²) in [5.74, 6) is 4.93. The average Bonchev–Trinajstić information content (AvgIpc) is 2.96. The van der Waals surface area contributed by atoms with Crippen molar-refractivity contribution in [1.82, 2.24) is 0 Å². The van der Waals surface area contributed by atoms with Crippen molar-refractivity contribution in [3.05, 3.63) is 0 Å². The molecule has 6 atom stereocenters. The van der Waals surface area contributed by atoms with Crippen molar-refractivity contribution in [3.8, 4) is 0 Å². The second-order valence-electron chi connectivity index (χ2n) is 6.63. The molecule has 4 bridgehead atoms. The van der Waals surface area contributed by atoms with E-state index in [0.717, 1.165) is 0 Å². The number of hydrogen-bond acceptors (Lipinski definition) is 0. The Kier molecular flexibility index (Phi) is 2.43. The van der Waals surface area contributed by atoms with E-state index in [2.05, 4.69) is 0 Å². The van der Waals surface area contributed by atoms with Crippen LogP contribution in [0.3, 0.4) is 0 Å². The van der Waals surface area contributed by atoms with Gasteiger partial charge in [0.1, 0.15) is 0 Å². The number of hydrogen-bond donors (Lipinski definition) is 0. The number of fused-ring (bicyclic) bond motifs is 4. The van der Waals surface area contributed by atoms with Gasteiger partial charge in [0.25, 0.3) is 0 Å². The summed E-state index contributed by atoms with van der Waals surface area (Å²) in [5.41, 5.74) is 0. The van der Waals surface area contributed by atoms with Crippen LogP contribution in [0.1, 0.15) is 51.4 Å². The van der Waals surface area contributed by atoms with Crippen LogP contribution < -0.4 is 0 Å². The van der Waals surface area contributed by atoms with Crippen LogP contribution >= 0.6 is 0 Å². The van der Waals surface area contributed by atoms with E-state index in [0.29, 0.717) is 0 Å². The minimum atomic E-state index is -0.0917. The summed E-state index contributed by atoms with van der Waals surface area (Å²) in [4.78, 5) is 0. The average molecular weight is 399 g/mol. The van der Waals surface area contributed by atoms with Crippen LogP contribution in [-0.4, -0.2) is 23.2 Å². The maximum atomic E-state index is 1.70. The van der Waals surface area contributed by atoms with E-state index >= 15 is 0 Å². The molecule has 0 spiro atoms. The molecule has 4 rings (SSSR count). The Morgan fingerprint density at radius 2 is 1.13 bits per heavy atom. The van der Waals surface area contributed by atoms with Gasteiger partial charge in [-0.3, -0.25) is 0 Å². The maximum absolute atomic E-state index is 1.70. The van der Waals surface area contributed by atoms with Gasteiger partial charge in [-0.25, -0.2) is 0 Å². The Bertz CT molecular complexity index is 236. The molecule has 0 aliphatic heterocycles. The molecule has 0 amide bonds. The molecule has 0 heterocycles. The fourth-order valence-electron chi connectivity index (χ4n) is 5.03. The Balaban J connectivity index is 1.40. The van der Waals surface area contributed by atoms with Crippen molar-refractivity contribution in [2.24, 2.45) is 23.7 Å². The van der Waals surface area contributed by atoms with Gasteiger partial charge in [-0.15, -0.1) is 0 Å². The molecule has 4 aliphatic carbocycles. The molecule has 4 aliphatic rings. The zero-order chi connectivity index (χ0) is 9.83. The molecule has 0 N–H and O–H groups in total. The van der Waals surface area contributed by atoms with Gasteiger partial charge in [0, 0.05) is 0 Å². The van der Waals surface area contributed by atoms with Crippen LogP contribution in [0.2, 0.25) is 7.25 Å². The molecule has 83 valence electrons. The Morgan fingerprint density at radius 3 is 1.47 bits per heavy atom. The van der Waals surface area contributed by atoms with Crippen LogP contribution in [0, 0.1) is 23.7 Å². The summed E-state index contributed by atoms with van der Waals surface area (Å²) in [7, 11) is 0. The van der Waals surface area contributed by atoms with E-state index in [9.17, 15) is 0 Å². The SMILES string of the molecule is C1CC2CC1C[CH]2[Bi][CH]1CC2CCC1C2. The molecule has 1 heteroatoms. The fourth-order valence-corrected chi connectivity index (χ4v) is 14.2. The van der Waals surface area contributed by atoms with Gasteiger partial charge in [-0.1, -0.05) is 0 Å². The van der Waals surface area contributed by atoms with Gasteiger partial charge in [0.05, 0.1) is 0 Å². The fraction of sp³-hybridized carbons (Fsp3) is 1.00. The van der Waals surface area contributed by atoms with Gasteiger partial charge < -0.3 is 0 Å². The molecule has 6 unspecified atom stereocenters.